The third kappa shape index (κ3) is 2.46. The standard InChI is InChI=1S/C20H30O2/c1-15-5-4-6-18-19(15,2)11-8-17(13-21)20(18,3)10-7-16-9-12-22-14-16/h5,9,12,14,17-18,21H,4,6-8,10-11,13H2,1-3H3/t17-,18-,19-,20+/m0/s1. The molecule has 1 aromatic heterocycles. The van der Waals surface area contributed by atoms with Gasteiger partial charge in [0.25, 0.3) is 0 Å². The van der Waals surface area contributed by atoms with E-state index in [9.17, 15) is 5.11 Å². The minimum Gasteiger partial charge on any atom is -0.472 e. The van der Waals surface area contributed by atoms with Crippen molar-refractivity contribution in [1.82, 2.24) is 0 Å². The van der Waals surface area contributed by atoms with Crippen LogP contribution >= 0.6 is 0 Å². The molecule has 0 saturated heterocycles. The molecule has 0 unspecified atom stereocenters. The van der Waals surface area contributed by atoms with Crippen molar-refractivity contribution in [1.29, 1.82) is 0 Å². The summed E-state index contributed by atoms with van der Waals surface area (Å²) in [7, 11) is 0. The second-order valence-electron chi connectivity index (χ2n) is 7.99. The SMILES string of the molecule is CC1=CCC[C@@H]2[C@](C)(CCc3ccoc3)[C@H](CO)CC[C@@]12C. The van der Waals surface area contributed by atoms with Crippen LogP contribution in [0.2, 0.25) is 0 Å². The summed E-state index contributed by atoms with van der Waals surface area (Å²) in [6.45, 7) is 7.56. The van der Waals surface area contributed by atoms with Crippen molar-refractivity contribution in [2.45, 2.75) is 59.3 Å². The summed E-state index contributed by atoms with van der Waals surface area (Å²) < 4.78 is 5.23. The molecule has 1 aromatic rings. The lowest BCUT2D eigenvalue weighted by molar-refractivity contribution is -0.0712. The Morgan fingerprint density at radius 3 is 2.82 bits per heavy atom. The van der Waals surface area contributed by atoms with Crippen molar-refractivity contribution in [2.24, 2.45) is 22.7 Å². The molecule has 1 heterocycles. The van der Waals surface area contributed by atoms with Gasteiger partial charge in [-0.05, 0) is 79.7 Å². The van der Waals surface area contributed by atoms with E-state index in [1.54, 1.807) is 11.8 Å². The zero-order chi connectivity index (χ0) is 15.8. The number of fused-ring (bicyclic) bond motifs is 1. The second kappa shape index (κ2) is 5.88. The molecule has 2 heteroatoms. The first kappa shape index (κ1) is 15.9. The average molecular weight is 302 g/mol. The average Bonchev–Trinajstić information content (AvgIpc) is 3.01. The van der Waals surface area contributed by atoms with Crippen molar-refractivity contribution >= 4 is 0 Å². The highest BCUT2D eigenvalue weighted by molar-refractivity contribution is 5.21. The molecular weight excluding hydrogens is 272 g/mol. The number of aliphatic hydroxyl groups is 1. The summed E-state index contributed by atoms with van der Waals surface area (Å²) >= 11 is 0. The Balaban J connectivity index is 1.88. The Bertz CT molecular complexity index is 530. The molecule has 1 saturated carbocycles. The number of allylic oxidation sites excluding steroid dienone is 2. The predicted molar refractivity (Wildman–Crippen MR) is 89.5 cm³/mol. The number of furan rings is 1. The van der Waals surface area contributed by atoms with Crippen LogP contribution in [-0.4, -0.2) is 11.7 Å². The van der Waals surface area contributed by atoms with Crippen LogP contribution in [0.15, 0.2) is 34.7 Å². The molecule has 1 fully saturated rings. The Kier molecular flexibility index (Phi) is 4.24. The molecular formula is C20H30O2. The lowest BCUT2D eigenvalue weighted by Crippen LogP contribution is -2.51. The summed E-state index contributed by atoms with van der Waals surface area (Å²) in [5.74, 6) is 1.12. The fourth-order valence-electron chi connectivity index (χ4n) is 5.34. The molecule has 22 heavy (non-hydrogen) atoms. The van der Waals surface area contributed by atoms with Gasteiger partial charge in [0.05, 0.1) is 12.5 Å². The Labute approximate surface area is 134 Å². The van der Waals surface area contributed by atoms with Gasteiger partial charge in [-0.1, -0.05) is 25.5 Å². The minimum atomic E-state index is 0.217. The molecule has 122 valence electrons. The quantitative estimate of drug-likeness (QED) is 0.795. The van der Waals surface area contributed by atoms with Gasteiger partial charge in [-0.25, -0.2) is 0 Å². The van der Waals surface area contributed by atoms with Gasteiger partial charge in [0.2, 0.25) is 0 Å². The normalized spacial score (nSPS) is 38.5. The topological polar surface area (TPSA) is 33.4 Å². The molecule has 0 aliphatic heterocycles. The first-order valence-electron chi connectivity index (χ1n) is 8.80. The van der Waals surface area contributed by atoms with Gasteiger partial charge < -0.3 is 9.52 Å². The Hall–Kier alpha value is -1.02. The molecule has 0 aromatic carbocycles. The van der Waals surface area contributed by atoms with Gasteiger partial charge in [0.1, 0.15) is 0 Å². The Morgan fingerprint density at radius 1 is 1.32 bits per heavy atom. The zero-order valence-electron chi connectivity index (χ0n) is 14.3. The van der Waals surface area contributed by atoms with Crippen LogP contribution in [0.25, 0.3) is 0 Å². The van der Waals surface area contributed by atoms with E-state index < -0.39 is 0 Å². The fraction of sp³-hybridized carbons (Fsp3) is 0.700. The van der Waals surface area contributed by atoms with E-state index in [0.29, 0.717) is 23.9 Å². The van der Waals surface area contributed by atoms with E-state index in [4.69, 9.17) is 4.42 Å². The maximum atomic E-state index is 9.99. The van der Waals surface area contributed by atoms with Gasteiger partial charge in [-0.2, -0.15) is 0 Å². The van der Waals surface area contributed by atoms with Crippen LogP contribution in [-0.2, 0) is 6.42 Å². The number of rotatable bonds is 4. The van der Waals surface area contributed by atoms with Gasteiger partial charge in [-0.3, -0.25) is 0 Å². The van der Waals surface area contributed by atoms with Crippen LogP contribution < -0.4 is 0 Å². The van der Waals surface area contributed by atoms with Crippen molar-refractivity contribution in [3.8, 4) is 0 Å². The summed E-state index contributed by atoms with van der Waals surface area (Å²) in [5, 5.41) is 9.99. The number of aryl methyl sites for hydroxylation is 1. The van der Waals surface area contributed by atoms with Crippen LogP contribution in [0.4, 0.5) is 0 Å². The summed E-state index contributed by atoms with van der Waals surface area (Å²) in [5.41, 5.74) is 3.41. The van der Waals surface area contributed by atoms with Crippen LogP contribution in [0.3, 0.4) is 0 Å². The lowest BCUT2D eigenvalue weighted by atomic mass is 9.46. The van der Waals surface area contributed by atoms with Crippen molar-refractivity contribution in [3.05, 3.63) is 35.8 Å². The smallest absolute Gasteiger partial charge is 0.0934 e. The molecule has 0 spiro atoms. The lowest BCUT2D eigenvalue weighted by Gasteiger charge is -2.58. The molecule has 3 rings (SSSR count). The molecule has 1 N–H and O–H groups in total. The highest BCUT2D eigenvalue weighted by atomic mass is 16.3. The second-order valence-corrected chi connectivity index (χ2v) is 7.99. The number of aliphatic hydroxyl groups excluding tert-OH is 1. The molecule has 0 radical (unpaired) electrons. The first-order valence-corrected chi connectivity index (χ1v) is 8.80. The highest BCUT2D eigenvalue weighted by Gasteiger charge is 2.53. The third-order valence-electron chi connectivity index (χ3n) is 7.07. The molecule has 2 aliphatic rings. The zero-order valence-corrected chi connectivity index (χ0v) is 14.3. The van der Waals surface area contributed by atoms with Crippen molar-refractivity contribution in [3.63, 3.8) is 0 Å². The monoisotopic (exact) mass is 302 g/mol. The third-order valence-corrected chi connectivity index (χ3v) is 7.07. The largest absolute Gasteiger partial charge is 0.472 e. The van der Waals surface area contributed by atoms with Gasteiger partial charge in [0, 0.05) is 6.61 Å². The molecule has 4 atom stereocenters. The van der Waals surface area contributed by atoms with E-state index in [2.05, 4.69) is 32.9 Å². The molecule has 0 bridgehead atoms. The highest BCUT2D eigenvalue weighted by Crippen LogP contribution is 2.61. The predicted octanol–water partition coefficient (Wildman–Crippen LogP) is 4.98. The molecule has 2 aliphatic carbocycles. The van der Waals surface area contributed by atoms with Crippen LogP contribution in [0, 0.1) is 22.7 Å². The number of hydrogen-bond donors (Lipinski definition) is 1. The number of hydrogen-bond acceptors (Lipinski definition) is 2. The van der Waals surface area contributed by atoms with Crippen LogP contribution in [0.5, 0.6) is 0 Å². The first-order chi connectivity index (χ1) is 10.5. The van der Waals surface area contributed by atoms with Crippen molar-refractivity contribution in [2.75, 3.05) is 6.61 Å². The summed E-state index contributed by atoms with van der Waals surface area (Å²) in [4.78, 5) is 0. The molecule has 2 nitrogen and oxygen atoms in total. The van der Waals surface area contributed by atoms with Gasteiger partial charge >= 0.3 is 0 Å². The Morgan fingerprint density at radius 2 is 2.14 bits per heavy atom. The van der Waals surface area contributed by atoms with E-state index >= 15 is 0 Å². The summed E-state index contributed by atoms with van der Waals surface area (Å²) in [6.07, 6.45) is 13.1. The van der Waals surface area contributed by atoms with Crippen LogP contribution in [0.1, 0.15) is 58.4 Å². The van der Waals surface area contributed by atoms with Gasteiger partial charge in [-0.15, -0.1) is 0 Å². The maximum absolute atomic E-state index is 9.99. The van der Waals surface area contributed by atoms with E-state index in [1.165, 1.54) is 24.8 Å². The van der Waals surface area contributed by atoms with Crippen molar-refractivity contribution < 1.29 is 9.52 Å². The summed E-state index contributed by atoms with van der Waals surface area (Å²) in [6, 6.07) is 2.07. The van der Waals surface area contributed by atoms with E-state index in [0.717, 1.165) is 19.3 Å². The fourth-order valence-corrected chi connectivity index (χ4v) is 5.34. The van der Waals surface area contributed by atoms with E-state index in [-0.39, 0.29) is 5.41 Å². The van der Waals surface area contributed by atoms with Gasteiger partial charge in [0.15, 0.2) is 0 Å². The molecule has 0 amide bonds. The minimum absolute atomic E-state index is 0.217. The van der Waals surface area contributed by atoms with E-state index in [1.807, 2.05) is 6.26 Å². The maximum Gasteiger partial charge on any atom is 0.0934 e.